The van der Waals surface area contributed by atoms with Crippen LogP contribution in [0, 0.1) is 0 Å². The summed E-state index contributed by atoms with van der Waals surface area (Å²) in [6, 6.07) is 17.9. The van der Waals surface area contributed by atoms with Gasteiger partial charge in [0.25, 0.3) is 5.71 Å². The van der Waals surface area contributed by atoms with Crippen molar-refractivity contribution in [2.45, 2.75) is 13.8 Å². The van der Waals surface area contributed by atoms with Crippen LogP contribution in [0.25, 0.3) is 6.08 Å². The predicted molar refractivity (Wildman–Crippen MR) is 130 cm³/mol. The van der Waals surface area contributed by atoms with E-state index in [0.29, 0.717) is 0 Å². The fourth-order valence-electron chi connectivity index (χ4n) is 1.80. The molecule has 148 valence electrons. The molecule has 0 N–H and O–H groups in total. The van der Waals surface area contributed by atoms with Crippen molar-refractivity contribution in [2.24, 2.45) is 0 Å². The Morgan fingerprint density at radius 2 is 1.30 bits per heavy atom. The molecule has 0 aromatic heterocycles. The van der Waals surface area contributed by atoms with Crippen molar-refractivity contribution in [2.75, 3.05) is 0 Å². The van der Waals surface area contributed by atoms with Gasteiger partial charge < -0.3 is 0 Å². The minimum absolute atomic E-state index is 0.734. The van der Waals surface area contributed by atoms with Gasteiger partial charge in [0, 0.05) is 24.9 Å². The Hall–Kier alpha value is 0.478. The monoisotopic (exact) mass is 613 g/mol. The zero-order valence-electron chi connectivity index (χ0n) is 14.4. The fourth-order valence-corrected chi connectivity index (χ4v) is 1.92. The van der Waals surface area contributed by atoms with Gasteiger partial charge >= 0.3 is 67.8 Å². The molecule has 2 aromatic carbocycles. The SMILES string of the molecule is CC(C)=[N+]=C(/C=C/c1ccccc1)c1ccc(Cl)cc1.[Cl][Sb-]([Cl])([Cl])([Cl])([Cl])[Cl]. The van der Waals surface area contributed by atoms with E-state index in [4.69, 9.17) is 64.6 Å². The Morgan fingerprint density at radius 3 is 1.74 bits per heavy atom. The van der Waals surface area contributed by atoms with Crippen LogP contribution < -0.4 is 4.67 Å². The third-order valence-electron chi connectivity index (χ3n) is 2.72. The van der Waals surface area contributed by atoms with E-state index in [0.717, 1.165) is 27.6 Å². The molecular formula is C18H17Cl7NSb. The molecule has 2 aromatic rings. The average molecular weight is 617 g/mol. The number of nitrogens with zero attached hydrogens (tertiary/aromatic N) is 1. The van der Waals surface area contributed by atoms with Crippen LogP contribution in [0.4, 0.5) is 0 Å². The van der Waals surface area contributed by atoms with E-state index in [1.54, 1.807) is 0 Å². The molecule has 1 nitrogen and oxygen atoms in total. The normalized spacial score (nSPS) is 13.7. The molecule has 0 bridgehead atoms. The molecule has 0 saturated heterocycles. The van der Waals surface area contributed by atoms with Crippen LogP contribution in [0.5, 0.6) is 0 Å². The molecule has 9 heteroatoms. The van der Waals surface area contributed by atoms with Crippen LogP contribution in [-0.2, 0) is 0 Å². The van der Waals surface area contributed by atoms with Gasteiger partial charge in [-0.15, -0.1) is 0 Å². The second-order valence-corrected chi connectivity index (χ2v) is 63.0. The number of hydrogen-bond donors (Lipinski definition) is 0. The van der Waals surface area contributed by atoms with Crippen LogP contribution in [0.15, 0.2) is 60.7 Å². The summed E-state index contributed by atoms with van der Waals surface area (Å²) in [6.45, 7) is 3.98. The maximum atomic E-state index is 5.93. The van der Waals surface area contributed by atoms with Gasteiger partial charge in [-0.1, -0.05) is 46.6 Å². The third-order valence-corrected chi connectivity index (χ3v) is 2.97. The molecule has 0 radical (unpaired) electrons. The van der Waals surface area contributed by atoms with Gasteiger partial charge in [-0.3, -0.25) is 0 Å². The molecule has 0 fully saturated rings. The van der Waals surface area contributed by atoms with Crippen molar-refractivity contribution in [3.8, 4) is 0 Å². The van der Waals surface area contributed by atoms with E-state index in [9.17, 15) is 0 Å². The molecule has 0 atom stereocenters. The van der Waals surface area contributed by atoms with Crippen molar-refractivity contribution < 1.29 is 0 Å². The fraction of sp³-hybridized carbons (Fsp3) is 0.111. The summed E-state index contributed by atoms with van der Waals surface area (Å²) >= 11 is 5.93. The molecule has 27 heavy (non-hydrogen) atoms. The van der Waals surface area contributed by atoms with Crippen molar-refractivity contribution in [1.29, 1.82) is 0 Å². The summed E-state index contributed by atoms with van der Waals surface area (Å²) in [5, 5.41) is 0.734. The Balaban J connectivity index is 0.000000445. The second-order valence-electron chi connectivity index (χ2n) is 5.65. The van der Waals surface area contributed by atoms with Gasteiger partial charge in [0.1, 0.15) is 0 Å². The summed E-state index contributed by atoms with van der Waals surface area (Å²) in [5.74, 6) is 0. The first kappa shape index (κ1) is 25.5. The molecule has 0 aliphatic rings. The quantitative estimate of drug-likeness (QED) is 0.188. The van der Waals surface area contributed by atoms with Gasteiger partial charge in [0.05, 0.1) is 5.56 Å². The standard InChI is InChI=1S/C18H17ClN.6ClH.Sb/c1-14(2)20-18(16-9-11-17(19)12-10-16)13-8-15-6-4-3-5-7-15;;;;;;;/h3-13H,1-2H3;6*1H;/q+1;;;;;;;+5/p-6/b13-8+;;;;;;;. The number of hydrogen-bond acceptors (Lipinski definition) is 0. The first-order valence-corrected chi connectivity index (χ1v) is 27.3. The number of halogens is 7. The van der Waals surface area contributed by atoms with Gasteiger partial charge in [0.2, 0.25) is 0 Å². The first-order valence-electron chi connectivity index (χ1n) is 7.54. The zero-order chi connectivity index (χ0) is 20.8. The number of allylic oxidation sites excluding steroid dienone is 1. The van der Waals surface area contributed by atoms with E-state index in [2.05, 4.69) is 22.9 Å². The zero-order valence-corrected chi connectivity index (χ0v) is 22.2. The van der Waals surface area contributed by atoms with Crippen LogP contribution in [0.3, 0.4) is 0 Å². The Labute approximate surface area is 184 Å². The minimum atomic E-state index is -5.42. The van der Waals surface area contributed by atoms with Crippen molar-refractivity contribution in [3.63, 3.8) is 0 Å². The molecule has 0 saturated carbocycles. The van der Waals surface area contributed by atoms with Crippen LogP contribution in [0.1, 0.15) is 25.0 Å². The van der Waals surface area contributed by atoms with Crippen molar-refractivity contribution in [1.82, 2.24) is 4.67 Å². The van der Waals surface area contributed by atoms with Gasteiger partial charge in [-0.25, -0.2) is 0 Å². The van der Waals surface area contributed by atoms with E-state index in [-0.39, 0.29) is 0 Å². The molecule has 2 rings (SSSR count). The van der Waals surface area contributed by atoms with Gasteiger partial charge in [0.15, 0.2) is 0 Å². The summed E-state index contributed by atoms with van der Waals surface area (Å²) in [4.78, 5) is 0. The number of benzene rings is 2. The van der Waals surface area contributed by atoms with Crippen LogP contribution in [-0.4, -0.2) is 20.6 Å². The van der Waals surface area contributed by atoms with Crippen LogP contribution >= 0.6 is 64.6 Å². The summed E-state index contributed by atoms with van der Waals surface area (Å²) in [7, 11) is 25.0. The molecule has 0 spiro atoms. The Kier molecular flexibility index (Phi) is 9.00. The van der Waals surface area contributed by atoms with Gasteiger partial charge in [-0.2, -0.15) is 0 Å². The average Bonchev–Trinajstić information content (AvgIpc) is 2.50. The molecule has 0 aliphatic carbocycles. The molecular weight excluding hydrogens is 600 g/mol. The Morgan fingerprint density at radius 1 is 0.815 bits per heavy atom. The van der Waals surface area contributed by atoms with E-state index in [1.807, 2.05) is 62.4 Å². The van der Waals surface area contributed by atoms with E-state index >= 15 is 0 Å². The summed E-state index contributed by atoms with van der Waals surface area (Å²) in [5.41, 5.74) is 4.17. The molecule has 0 heterocycles. The van der Waals surface area contributed by atoms with Gasteiger partial charge in [-0.05, 0) is 35.9 Å². The van der Waals surface area contributed by atoms with E-state index < -0.39 is 9.14 Å². The van der Waals surface area contributed by atoms with Crippen molar-refractivity contribution >= 4 is 91.2 Å². The molecule has 0 amide bonds. The van der Waals surface area contributed by atoms with E-state index in [1.165, 1.54) is 0 Å². The maximum absolute atomic E-state index is 5.93. The Bertz CT molecular complexity index is 846. The topological polar surface area (TPSA) is 14.1 Å². The third kappa shape index (κ3) is 16.0. The summed E-state index contributed by atoms with van der Waals surface area (Å²) in [6.07, 6.45) is 4.10. The number of rotatable bonds is 3. The second kappa shape index (κ2) is 9.53. The van der Waals surface area contributed by atoms with Crippen LogP contribution in [0.2, 0.25) is 5.02 Å². The summed E-state index contributed by atoms with van der Waals surface area (Å²) < 4.78 is 4.60. The van der Waals surface area contributed by atoms with Crippen molar-refractivity contribution in [3.05, 3.63) is 76.8 Å². The first-order chi connectivity index (χ1) is 12.1. The molecule has 0 aliphatic heterocycles. The molecule has 0 unspecified atom stereocenters. The predicted octanol–water partition coefficient (Wildman–Crippen LogP) is 8.15.